The normalized spacial score (nSPS) is 21.1. The number of carboxylic acid groups (broad SMARTS) is 1. The van der Waals surface area contributed by atoms with Crippen LogP contribution in [-0.2, 0) is 9.53 Å². The molecule has 1 atom stereocenters. The van der Waals surface area contributed by atoms with Crippen molar-refractivity contribution in [1.29, 1.82) is 0 Å². The smallest absolute Gasteiger partial charge is 0.318 e. The number of rotatable bonds is 2. The summed E-state index contributed by atoms with van der Waals surface area (Å²) in [5.41, 5.74) is -0.330. The summed E-state index contributed by atoms with van der Waals surface area (Å²) in [6.07, 6.45) is -0.0858. The molecule has 0 bridgehead atoms. The van der Waals surface area contributed by atoms with Gasteiger partial charge in [-0.05, 0) is 20.8 Å². The molecule has 1 heterocycles. The topological polar surface area (TPSA) is 78.9 Å². The molecule has 0 aliphatic carbocycles. The van der Waals surface area contributed by atoms with Gasteiger partial charge >= 0.3 is 12.0 Å². The van der Waals surface area contributed by atoms with Crippen LogP contribution in [0.3, 0.4) is 0 Å². The first kappa shape index (κ1) is 13.8. The van der Waals surface area contributed by atoms with E-state index in [0.717, 1.165) is 0 Å². The molecule has 98 valence electrons. The number of nitrogens with zero attached hydrogens (tertiary/aromatic N) is 1. The molecule has 0 aromatic heterocycles. The summed E-state index contributed by atoms with van der Waals surface area (Å²) >= 11 is 0. The van der Waals surface area contributed by atoms with Gasteiger partial charge in [-0.3, -0.25) is 4.79 Å². The van der Waals surface area contributed by atoms with E-state index in [1.807, 2.05) is 20.8 Å². The van der Waals surface area contributed by atoms with E-state index in [4.69, 9.17) is 9.84 Å². The lowest BCUT2D eigenvalue weighted by Gasteiger charge is -2.36. The van der Waals surface area contributed by atoms with E-state index >= 15 is 0 Å². The molecular formula is C11H20N2O4. The molecule has 0 aromatic carbocycles. The molecule has 2 amide bonds. The predicted molar refractivity (Wildman–Crippen MR) is 61.9 cm³/mol. The van der Waals surface area contributed by atoms with E-state index < -0.39 is 5.97 Å². The van der Waals surface area contributed by atoms with Crippen molar-refractivity contribution in [1.82, 2.24) is 10.2 Å². The molecule has 0 radical (unpaired) electrons. The number of nitrogens with one attached hydrogen (secondary N) is 1. The molecule has 6 heteroatoms. The van der Waals surface area contributed by atoms with Crippen molar-refractivity contribution in [2.45, 2.75) is 38.8 Å². The van der Waals surface area contributed by atoms with Crippen LogP contribution in [-0.4, -0.2) is 53.3 Å². The van der Waals surface area contributed by atoms with Crippen LogP contribution < -0.4 is 5.32 Å². The highest BCUT2D eigenvalue weighted by Gasteiger charge is 2.30. The number of amides is 2. The zero-order valence-corrected chi connectivity index (χ0v) is 10.5. The van der Waals surface area contributed by atoms with Gasteiger partial charge in [0.25, 0.3) is 0 Å². The van der Waals surface area contributed by atoms with Crippen molar-refractivity contribution >= 4 is 12.0 Å². The molecule has 1 rings (SSSR count). The minimum atomic E-state index is -0.922. The third-order valence-corrected chi connectivity index (χ3v) is 2.38. The van der Waals surface area contributed by atoms with Gasteiger partial charge in [0.2, 0.25) is 0 Å². The summed E-state index contributed by atoms with van der Waals surface area (Å²) in [4.78, 5) is 24.2. The van der Waals surface area contributed by atoms with Crippen LogP contribution in [0.2, 0.25) is 0 Å². The zero-order valence-electron chi connectivity index (χ0n) is 10.5. The first-order chi connectivity index (χ1) is 7.79. The summed E-state index contributed by atoms with van der Waals surface area (Å²) in [7, 11) is 0. The van der Waals surface area contributed by atoms with Crippen molar-refractivity contribution < 1.29 is 19.4 Å². The van der Waals surface area contributed by atoms with Gasteiger partial charge in [-0.25, -0.2) is 4.79 Å². The molecule has 0 spiro atoms. The lowest BCUT2D eigenvalue weighted by atomic mass is 10.1. The number of hydrogen-bond acceptors (Lipinski definition) is 3. The number of carboxylic acids is 1. The van der Waals surface area contributed by atoms with E-state index in [9.17, 15) is 9.59 Å². The zero-order chi connectivity index (χ0) is 13.1. The Bertz CT molecular complexity index is 298. The monoisotopic (exact) mass is 244 g/mol. The number of carbonyl (C=O) groups is 2. The Balaban J connectivity index is 2.64. The van der Waals surface area contributed by atoms with Crippen molar-refractivity contribution in [3.05, 3.63) is 0 Å². The third kappa shape index (κ3) is 4.60. The van der Waals surface area contributed by atoms with Gasteiger partial charge in [0.15, 0.2) is 0 Å². The second-order valence-electron chi connectivity index (χ2n) is 5.20. The van der Waals surface area contributed by atoms with Crippen LogP contribution in [0, 0.1) is 0 Å². The van der Waals surface area contributed by atoms with Gasteiger partial charge < -0.3 is 20.1 Å². The van der Waals surface area contributed by atoms with E-state index in [1.54, 1.807) is 4.90 Å². The van der Waals surface area contributed by atoms with Crippen LogP contribution in [0.1, 0.15) is 27.2 Å². The third-order valence-electron chi connectivity index (χ3n) is 2.38. The molecule has 0 aromatic rings. The minimum absolute atomic E-state index is 0.0858. The lowest BCUT2D eigenvalue weighted by molar-refractivity contribution is -0.139. The highest BCUT2D eigenvalue weighted by Crippen LogP contribution is 2.12. The average Bonchev–Trinajstić information content (AvgIpc) is 2.14. The van der Waals surface area contributed by atoms with Gasteiger partial charge in [0.1, 0.15) is 0 Å². The molecule has 1 unspecified atom stereocenters. The summed E-state index contributed by atoms with van der Waals surface area (Å²) in [5.74, 6) is -0.922. The standard InChI is InChI=1S/C11H20N2O4/c1-11(2,3)12-10(16)13-4-5-17-7-8(13)6-9(14)15/h8H,4-7H2,1-3H3,(H,12,16)(H,14,15). The van der Waals surface area contributed by atoms with Gasteiger partial charge in [0, 0.05) is 12.1 Å². The van der Waals surface area contributed by atoms with Crippen molar-refractivity contribution in [2.75, 3.05) is 19.8 Å². The van der Waals surface area contributed by atoms with Crippen LogP contribution in [0.15, 0.2) is 0 Å². The fraction of sp³-hybridized carbons (Fsp3) is 0.818. The molecule has 0 saturated carbocycles. The van der Waals surface area contributed by atoms with Gasteiger partial charge in [-0.1, -0.05) is 0 Å². The van der Waals surface area contributed by atoms with Crippen LogP contribution in [0.25, 0.3) is 0 Å². The Kier molecular flexibility index (Phi) is 4.34. The Morgan fingerprint density at radius 2 is 2.12 bits per heavy atom. The molecule has 1 fully saturated rings. The molecule has 2 N–H and O–H groups in total. The van der Waals surface area contributed by atoms with Crippen molar-refractivity contribution in [3.63, 3.8) is 0 Å². The van der Waals surface area contributed by atoms with Crippen molar-refractivity contribution in [2.24, 2.45) is 0 Å². The number of aliphatic carboxylic acids is 1. The molecule has 1 saturated heterocycles. The maximum atomic E-state index is 12.0. The Morgan fingerprint density at radius 3 is 2.65 bits per heavy atom. The van der Waals surface area contributed by atoms with E-state index in [-0.39, 0.29) is 30.6 Å². The van der Waals surface area contributed by atoms with Crippen LogP contribution >= 0.6 is 0 Å². The highest BCUT2D eigenvalue weighted by atomic mass is 16.5. The highest BCUT2D eigenvalue weighted by molar-refractivity contribution is 5.76. The quantitative estimate of drug-likeness (QED) is 0.748. The SMILES string of the molecule is CC(C)(C)NC(=O)N1CCOCC1CC(=O)O. The maximum absolute atomic E-state index is 12.0. The molecule has 6 nitrogen and oxygen atoms in total. The Hall–Kier alpha value is -1.30. The minimum Gasteiger partial charge on any atom is -0.481 e. The summed E-state index contributed by atoms with van der Waals surface area (Å²) in [5, 5.41) is 11.6. The van der Waals surface area contributed by atoms with Crippen molar-refractivity contribution in [3.8, 4) is 0 Å². The van der Waals surface area contributed by atoms with Gasteiger partial charge in [0.05, 0.1) is 25.7 Å². The second kappa shape index (κ2) is 5.35. The molecule has 1 aliphatic rings. The van der Waals surface area contributed by atoms with E-state index in [2.05, 4.69) is 5.32 Å². The largest absolute Gasteiger partial charge is 0.481 e. The molecular weight excluding hydrogens is 224 g/mol. The maximum Gasteiger partial charge on any atom is 0.318 e. The number of urea groups is 1. The number of morpholine rings is 1. The van der Waals surface area contributed by atoms with E-state index in [0.29, 0.717) is 13.2 Å². The number of hydrogen-bond donors (Lipinski definition) is 2. The van der Waals surface area contributed by atoms with Gasteiger partial charge in [-0.2, -0.15) is 0 Å². The summed E-state index contributed by atoms with van der Waals surface area (Å²) in [6, 6.07) is -0.615. The Labute approximate surface area is 101 Å². The van der Waals surface area contributed by atoms with Gasteiger partial charge in [-0.15, -0.1) is 0 Å². The van der Waals surface area contributed by atoms with Crippen LogP contribution in [0.5, 0.6) is 0 Å². The first-order valence-electron chi connectivity index (χ1n) is 5.68. The fourth-order valence-electron chi connectivity index (χ4n) is 1.69. The van der Waals surface area contributed by atoms with Crippen LogP contribution in [0.4, 0.5) is 4.79 Å². The fourth-order valence-corrected chi connectivity index (χ4v) is 1.69. The number of carbonyl (C=O) groups excluding carboxylic acids is 1. The molecule has 17 heavy (non-hydrogen) atoms. The summed E-state index contributed by atoms with van der Waals surface area (Å²) < 4.78 is 5.21. The predicted octanol–water partition coefficient (Wildman–Crippen LogP) is 0.670. The first-order valence-corrected chi connectivity index (χ1v) is 5.68. The number of ether oxygens (including phenoxy) is 1. The lowest BCUT2D eigenvalue weighted by Crippen LogP contribution is -2.56. The van der Waals surface area contributed by atoms with E-state index in [1.165, 1.54) is 0 Å². The Morgan fingerprint density at radius 1 is 1.47 bits per heavy atom. The second-order valence-corrected chi connectivity index (χ2v) is 5.20. The average molecular weight is 244 g/mol. The molecule has 1 aliphatic heterocycles. The summed E-state index contributed by atoms with van der Waals surface area (Å²) in [6.45, 7) is 6.82.